The van der Waals surface area contributed by atoms with E-state index in [0.29, 0.717) is 13.2 Å². The van der Waals surface area contributed by atoms with Crippen LogP contribution in [0.5, 0.6) is 0 Å². The van der Waals surface area contributed by atoms with Gasteiger partial charge in [-0.3, -0.25) is 0 Å². The zero-order valence-corrected chi connectivity index (χ0v) is 6.68. The summed E-state index contributed by atoms with van der Waals surface area (Å²) in [7, 11) is 0. The Bertz CT molecular complexity index is 128. The highest BCUT2D eigenvalue weighted by Gasteiger charge is 2.05. The van der Waals surface area contributed by atoms with E-state index in [4.69, 9.17) is 10.6 Å². The fourth-order valence-electron chi connectivity index (χ4n) is 0.996. The first-order valence-corrected chi connectivity index (χ1v) is 4.02. The van der Waals surface area contributed by atoms with Gasteiger partial charge in [-0.25, -0.2) is 0 Å². The third kappa shape index (κ3) is 3.34. The molecule has 0 aliphatic carbocycles. The van der Waals surface area contributed by atoms with Crippen molar-refractivity contribution in [3.05, 3.63) is 0 Å². The fourth-order valence-corrected chi connectivity index (χ4v) is 0.996. The Balaban J connectivity index is 2.15. The summed E-state index contributed by atoms with van der Waals surface area (Å²) in [4.78, 5) is 4.96. The highest BCUT2D eigenvalue weighted by molar-refractivity contribution is 5.84. The van der Waals surface area contributed by atoms with Crippen molar-refractivity contribution in [1.29, 1.82) is 0 Å². The monoisotopic (exact) mass is 157 g/mol. The van der Waals surface area contributed by atoms with Crippen molar-refractivity contribution in [2.45, 2.75) is 12.8 Å². The van der Waals surface area contributed by atoms with Crippen LogP contribution in [-0.2, 0) is 4.84 Å². The van der Waals surface area contributed by atoms with E-state index in [1.165, 1.54) is 0 Å². The second-order valence-electron chi connectivity index (χ2n) is 2.53. The molecular weight excluding hydrogens is 142 g/mol. The third-order valence-corrected chi connectivity index (χ3v) is 1.58. The van der Waals surface area contributed by atoms with Gasteiger partial charge in [-0.15, -0.1) is 0 Å². The van der Waals surface area contributed by atoms with Gasteiger partial charge in [0, 0.05) is 32.5 Å². The van der Waals surface area contributed by atoms with E-state index in [2.05, 4.69) is 10.5 Å². The summed E-state index contributed by atoms with van der Waals surface area (Å²) < 4.78 is 0. The van der Waals surface area contributed by atoms with Crippen molar-refractivity contribution in [1.82, 2.24) is 5.32 Å². The largest absolute Gasteiger partial charge is 0.395 e. The Morgan fingerprint density at radius 2 is 2.18 bits per heavy atom. The highest BCUT2D eigenvalue weighted by atomic mass is 16.6. The Morgan fingerprint density at radius 3 is 2.82 bits per heavy atom. The number of nitrogens with one attached hydrogen (secondary N) is 1. The van der Waals surface area contributed by atoms with E-state index in [0.717, 1.165) is 31.6 Å². The van der Waals surface area contributed by atoms with Crippen LogP contribution in [0.25, 0.3) is 0 Å². The minimum atomic E-state index is 0.525. The molecule has 0 bridgehead atoms. The zero-order chi connectivity index (χ0) is 7.94. The highest BCUT2D eigenvalue weighted by Crippen LogP contribution is 1.97. The summed E-state index contributed by atoms with van der Waals surface area (Å²) in [6.07, 6.45) is 2.01. The predicted molar refractivity (Wildman–Crippen MR) is 44.5 cm³/mol. The molecule has 0 atom stereocenters. The lowest BCUT2D eigenvalue weighted by atomic mass is 10.1. The number of piperidine rings is 1. The number of hydrogen-bond donors (Lipinski definition) is 2. The summed E-state index contributed by atoms with van der Waals surface area (Å²) in [5, 5.41) is 7.21. The van der Waals surface area contributed by atoms with Crippen LogP contribution in [-0.4, -0.2) is 32.0 Å². The minimum Gasteiger partial charge on any atom is -0.395 e. The van der Waals surface area contributed by atoms with E-state index in [9.17, 15) is 0 Å². The molecule has 0 amide bonds. The van der Waals surface area contributed by atoms with Crippen LogP contribution in [0, 0.1) is 0 Å². The molecule has 1 heterocycles. The van der Waals surface area contributed by atoms with Gasteiger partial charge in [0.25, 0.3) is 0 Å². The van der Waals surface area contributed by atoms with Gasteiger partial charge in [0.2, 0.25) is 0 Å². The molecule has 0 aromatic heterocycles. The molecule has 0 aromatic rings. The van der Waals surface area contributed by atoms with Crippen LogP contribution in [0.4, 0.5) is 0 Å². The van der Waals surface area contributed by atoms with Gasteiger partial charge >= 0.3 is 0 Å². The predicted octanol–water partition coefficient (Wildman–Crippen LogP) is -0.299. The molecule has 0 radical (unpaired) electrons. The summed E-state index contributed by atoms with van der Waals surface area (Å²) in [5.41, 5.74) is 6.39. The number of nitrogens with two attached hydrogens (primary N) is 1. The van der Waals surface area contributed by atoms with Crippen molar-refractivity contribution < 1.29 is 4.84 Å². The van der Waals surface area contributed by atoms with Gasteiger partial charge in [-0.1, -0.05) is 5.16 Å². The Morgan fingerprint density at radius 1 is 1.45 bits per heavy atom. The molecule has 4 nitrogen and oxygen atoms in total. The molecule has 0 unspecified atom stereocenters. The standard InChI is InChI=1S/C7H15N3O/c8-3-6-11-10-7-1-4-9-5-2-7/h9H,1-6,8H2. The molecule has 11 heavy (non-hydrogen) atoms. The maximum atomic E-state index is 5.24. The van der Waals surface area contributed by atoms with Crippen LogP contribution < -0.4 is 11.1 Å². The van der Waals surface area contributed by atoms with Gasteiger partial charge in [0.05, 0.1) is 5.71 Å². The normalized spacial score (nSPS) is 18.1. The molecule has 0 aromatic carbocycles. The van der Waals surface area contributed by atoms with Gasteiger partial charge in [-0.05, 0) is 0 Å². The van der Waals surface area contributed by atoms with Gasteiger partial charge in [0.15, 0.2) is 0 Å². The third-order valence-electron chi connectivity index (χ3n) is 1.58. The second kappa shape index (κ2) is 5.09. The zero-order valence-electron chi connectivity index (χ0n) is 6.68. The summed E-state index contributed by atoms with van der Waals surface area (Å²) in [5.74, 6) is 0. The van der Waals surface area contributed by atoms with E-state index in [-0.39, 0.29) is 0 Å². The van der Waals surface area contributed by atoms with Crippen LogP contribution >= 0.6 is 0 Å². The average Bonchev–Trinajstić information content (AvgIpc) is 2.07. The maximum Gasteiger partial charge on any atom is 0.129 e. The molecule has 1 saturated heterocycles. The Labute approximate surface area is 66.8 Å². The molecule has 1 aliphatic heterocycles. The molecule has 1 fully saturated rings. The van der Waals surface area contributed by atoms with E-state index in [1.807, 2.05) is 0 Å². The Hall–Kier alpha value is -0.610. The van der Waals surface area contributed by atoms with Gasteiger partial charge < -0.3 is 15.9 Å². The van der Waals surface area contributed by atoms with Crippen molar-refractivity contribution in [2.75, 3.05) is 26.2 Å². The van der Waals surface area contributed by atoms with Crippen molar-refractivity contribution in [2.24, 2.45) is 10.9 Å². The lowest BCUT2D eigenvalue weighted by Gasteiger charge is -2.12. The lowest BCUT2D eigenvalue weighted by Crippen LogP contribution is -2.28. The van der Waals surface area contributed by atoms with E-state index >= 15 is 0 Å². The first-order chi connectivity index (χ1) is 5.43. The first-order valence-electron chi connectivity index (χ1n) is 4.02. The molecule has 3 N–H and O–H groups in total. The minimum absolute atomic E-state index is 0.525. The molecule has 64 valence electrons. The van der Waals surface area contributed by atoms with Gasteiger partial charge in [-0.2, -0.15) is 0 Å². The van der Waals surface area contributed by atoms with Crippen LogP contribution in [0.1, 0.15) is 12.8 Å². The van der Waals surface area contributed by atoms with Crippen LogP contribution in [0.3, 0.4) is 0 Å². The number of nitrogens with zero attached hydrogens (tertiary/aromatic N) is 1. The van der Waals surface area contributed by atoms with Crippen molar-refractivity contribution in [3.8, 4) is 0 Å². The summed E-state index contributed by atoms with van der Waals surface area (Å²) >= 11 is 0. The number of oxime groups is 1. The molecule has 1 aliphatic rings. The quantitative estimate of drug-likeness (QED) is 0.437. The van der Waals surface area contributed by atoms with Crippen molar-refractivity contribution >= 4 is 5.71 Å². The average molecular weight is 157 g/mol. The van der Waals surface area contributed by atoms with E-state index < -0.39 is 0 Å². The molecular formula is C7H15N3O. The summed E-state index contributed by atoms with van der Waals surface area (Å²) in [6.45, 7) is 3.10. The smallest absolute Gasteiger partial charge is 0.129 e. The second-order valence-corrected chi connectivity index (χ2v) is 2.53. The fraction of sp³-hybridized carbons (Fsp3) is 0.857. The number of rotatable bonds is 3. The summed E-state index contributed by atoms with van der Waals surface area (Å²) in [6, 6.07) is 0. The van der Waals surface area contributed by atoms with E-state index in [1.54, 1.807) is 0 Å². The maximum absolute atomic E-state index is 5.24. The molecule has 1 rings (SSSR count). The number of hydrogen-bond acceptors (Lipinski definition) is 4. The SMILES string of the molecule is NCCON=C1CCNCC1. The lowest BCUT2D eigenvalue weighted by molar-refractivity contribution is 0.150. The molecule has 0 saturated carbocycles. The molecule has 0 spiro atoms. The van der Waals surface area contributed by atoms with Crippen LogP contribution in [0.2, 0.25) is 0 Å². The molecule has 4 heteroatoms. The van der Waals surface area contributed by atoms with Crippen LogP contribution in [0.15, 0.2) is 5.16 Å². The van der Waals surface area contributed by atoms with Crippen molar-refractivity contribution in [3.63, 3.8) is 0 Å². The van der Waals surface area contributed by atoms with Gasteiger partial charge in [0.1, 0.15) is 6.61 Å². The first kappa shape index (κ1) is 8.49. The topological polar surface area (TPSA) is 59.6 Å². The Kier molecular flexibility index (Phi) is 3.93.